The van der Waals surface area contributed by atoms with Crippen LogP contribution in [0, 0.1) is 6.92 Å². The zero-order chi connectivity index (χ0) is 19.5. The van der Waals surface area contributed by atoms with Crippen LogP contribution in [0.1, 0.15) is 21.1 Å². The Balaban J connectivity index is 1.27. The largest absolute Gasteiger partial charge is 0.451 e. The third-order valence-electron chi connectivity index (χ3n) is 4.16. The molecule has 0 aliphatic carbocycles. The number of fused-ring (bicyclic) bond motifs is 2. The lowest BCUT2D eigenvalue weighted by Crippen LogP contribution is -2.43. The van der Waals surface area contributed by atoms with E-state index in [-0.39, 0.29) is 19.0 Å². The van der Waals surface area contributed by atoms with Crippen LogP contribution in [0.5, 0.6) is 0 Å². The highest BCUT2D eigenvalue weighted by Gasteiger charge is 2.17. The molecule has 0 fully saturated rings. The molecule has 0 bridgehead atoms. The molecular weight excluding hydrogens is 378 g/mol. The second-order valence-electron chi connectivity index (χ2n) is 6.12. The van der Waals surface area contributed by atoms with Crippen LogP contribution >= 0.6 is 11.3 Å². The van der Waals surface area contributed by atoms with Gasteiger partial charge in [-0.2, -0.15) is 0 Å². The minimum absolute atomic E-state index is 0.164. The summed E-state index contributed by atoms with van der Waals surface area (Å²) in [6.07, 6.45) is 0. The molecule has 2 aromatic carbocycles. The number of aryl methyl sites for hydroxylation is 1. The van der Waals surface area contributed by atoms with E-state index in [0.717, 1.165) is 26.2 Å². The van der Waals surface area contributed by atoms with Crippen LogP contribution < -0.4 is 10.9 Å². The average molecular weight is 395 g/mol. The van der Waals surface area contributed by atoms with Crippen molar-refractivity contribution < 1.29 is 18.7 Å². The van der Waals surface area contributed by atoms with Crippen LogP contribution in [0.2, 0.25) is 0 Å². The Kier molecular flexibility index (Phi) is 5.05. The zero-order valence-corrected chi connectivity index (χ0v) is 15.8. The fourth-order valence-electron chi connectivity index (χ4n) is 2.82. The maximum absolute atomic E-state index is 12.3. The summed E-state index contributed by atoms with van der Waals surface area (Å²) in [7, 11) is 0. The standard InChI is InChI=1S/C20H17N3O4S/c1-12-13-6-2-4-8-15(13)27-19(12)20(25)23-22-17(24)10-26-11-18-21-14-7-3-5-9-16(14)28-18/h2-9H,10-11H2,1H3,(H,22,24)(H,23,25). The first-order valence-electron chi connectivity index (χ1n) is 8.61. The molecule has 0 aliphatic heterocycles. The highest BCUT2D eigenvalue weighted by molar-refractivity contribution is 7.18. The summed E-state index contributed by atoms with van der Waals surface area (Å²) in [6.45, 7) is 1.82. The van der Waals surface area contributed by atoms with Crippen molar-refractivity contribution in [3.8, 4) is 0 Å². The molecule has 0 spiro atoms. The molecule has 2 aromatic heterocycles. The van der Waals surface area contributed by atoms with Gasteiger partial charge in [-0.1, -0.05) is 30.3 Å². The van der Waals surface area contributed by atoms with Gasteiger partial charge in [0.1, 0.15) is 17.2 Å². The zero-order valence-electron chi connectivity index (χ0n) is 15.0. The molecule has 4 aromatic rings. The number of thiazole rings is 1. The number of hydrogen-bond donors (Lipinski definition) is 2. The molecule has 0 unspecified atom stereocenters. The average Bonchev–Trinajstić information content (AvgIpc) is 3.27. The van der Waals surface area contributed by atoms with Crippen LogP contribution in [-0.2, 0) is 16.1 Å². The number of carbonyl (C=O) groups excluding carboxylic acids is 2. The van der Waals surface area contributed by atoms with Crippen molar-refractivity contribution in [3.63, 3.8) is 0 Å². The number of nitrogens with one attached hydrogen (secondary N) is 2. The van der Waals surface area contributed by atoms with E-state index in [4.69, 9.17) is 9.15 Å². The van der Waals surface area contributed by atoms with Gasteiger partial charge in [0, 0.05) is 10.9 Å². The number of benzene rings is 2. The Bertz CT molecular complexity index is 1130. The number of ether oxygens (including phenoxy) is 1. The van der Waals surface area contributed by atoms with Gasteiger partial charge >= 0.3 is 5.91 Å². The van der Waals surface area contributed by atoms with Gasteiger partial charge in [0.2, 0.25) is 0 Å². The van der Waals surface area contributed by atoms with Crippen molar-refractivity contribution in [3.05, 3.63) is 64.9 Å². The molecule has 8 heteroatoms. The van der Waals surface area contributed by atoms with E-state index in [2.05, 4.69) is 15.8 Å². The molecule has 0 atom stereocenters. The fourth-order valence-corrected chi connectivity index (χ4v) is 3.73. The minimum Gasteiger partial charge on any atom is -0.451 e. The molecule has 142 valence electrons. The van der Waals surface area contributed by atoms with Crippen molar-refractivity contribution in [1.29, 1.82) is 0 Å². The highest BCUT2D eigenvalue weighted by atomic mass is 32.1. The molecule has 28 heavy (non-hydrogen) atoms. The lowest BCUT2D eigenvalue weighted by atomic mass is 10.1. The number of carbonyl (C=O) groups is 2. The van der Waals surface area contributed by atoms with Gasteiger partial charge in [-0.25, -0.2) is 4.98 Å². The van der Waals surface area contributed by atoms with E-state index >= 15 is 0 Å². The van der Waals surface area contributed by atoms with E-state index < -0.39 is 11.8 Å². The smallest absolute Gasteiger partial charge is 0.305 e. The Morgan fingerprint density at radius 1 is 1.11 bits per heavy atom. The maximum Gasteiger partial charge on any atom is 0.305 e. The molecule has 0 saturated carbocycles. The number of aromatic nitrogens is 1. The van der Waals surface area contributed by atoms with Crippen molar-refractivity contribution in [1.82, 2.24) is 15.8 Å². The Morgan fingerprint density at radius 2 is 1.89 bits per heavy atom. The van der Waals surface area contributed by atoms with Gasteiger partial charge in [0.15, 0.2) is 5.76 Å². The minimum atomic E-state index is -0.520. The van der Waals surface area contributed by atoms with Crippen LogP contribution in [0.25, 0.3) is 21.2 Å². The molecule has 0 radical (unpaired) electrons. The van der Waals surface area contributed by atoms with Gasteiger partial charge in [-0.05, 0) is 25.1 Å². The van der Waals surface area contributed by atoms with Gasteiger partial charge in [-0.3, -0.25) is 20.4 Å². The summed E-state index contributed by atoms with van der Waals surface area (Å²) in [5, 5.41) is 1.65. The third kappa shape index (κ3) is 3.73. The Hall–Kier alpha value is -3.23. The summed E-state index contributed by atoms with van der Waals surface area (Å²) in [4.78, 5) is 28.6. The lowest BCUT2D eigenvalue weighted by Gasteiger charge is -2.06. The summed E-state index contributed by atoms with van der Waals surface area (Å²) in [5.74, 6) is -0.826. The van der Waals surface area contributed by atoms with E-state index in [1.807, 2.05) is 42.5 Å². The van der Waals surface area contributed by atoms with Crippen LogP contribution in [0.4, 0.5) is 0 Å². The van der Waals surface area contributed by atoms with Crippen molar-refractivity contribution in [2.45, 2.75) is 13.5 Å². The number of hydrogen-bond acceptors (Lipinski definition) is 6. The first kappa shape index (κ1) is 18.1. The number of nitrogens with zero attached hydrogens (tertiary/aromatic N) is 1. The monoisotopic (exact) mass is 395 g/mol. The molecule has 2 amide bonds. The summed E-state index contributed by atoms with van der Waals surface area (Å²) in [5.41, 5.74) is 6.91. The number of rotatable bonds is 5. The molecule has 2 heterocycles. The number of amides is 2. The summed E-state index contributed by atoms with van der Waals surface area (Å²) in [6, 6.07) is 15.1. The van der Waals surface area contributed by atoms with E-state index in [9.17, 15) is 9.59 Å². The Labute approximate surface area is 164 Å². The number of para-hydroxylation sites is 2. The predicted molar refractivity (Wildman–Crippen MR) is 106 cm³/mol. The number of furan rings is 1. The van der Waals surface area contributed by atoms with Crippen LogP contribution in [0.3, 0.4) is 0 Å². The number of hydrazine groups is 1. The van der Waals surface area contributed by atoms with Crippen molar-refractivity contribution in [2.75, 3.05) is 6.61 Å². The topological polar surface area (TPSA) is 93.5 Å². The fraction of sp³-hybridized carbons (Fsp3) is 0.150. The van der Waals surface area contributed by atoms with E-state index in [1.54, 1.807) is 13.0 Å². The predicted octanol–water partition coefficient (Wildman–Crippen LogP) is 3.33. The molecule has 0 saturated heterocycles. The lowest BCUT2D eigenvalue weighted by molar-refractivity contribution is -0.126. The normalized spacial score (nSPS) is 11.0. The van der Waals surface area contributed by atoms with Crippen LogP contribution in [0.15, 0.2) is 52.9 Å². The first-order chi connectivity index (χ1) is 13.6. The molecule has 2 N–H and O–H groups in total. The molecular formula is C20H17N3O4S. The van der Waals surface area contributed by atoms with Gasteiger partial charge in [0.25, 0.3) is 5.91 Å². The summed E-state index contributed by atoms with van der Waals surface area (Å²) < 4.78 is 12.0. The highest BCUT2D eigenvalue weighted by Crippen LogP contribution is 2.24. The first-order valence-corrected chi connectivity index (χ1v) is 9.43. The van der Waals surface area contributed by atoms with Gasteiger partial charge in [0.05, 0.1) is 16.8 Å². The Morgan fingerprint density at radius 3 is 2.71 bits per heavy atom. The second-order valence-corrected chi connectivity index (χ2v) is 7.24. The molecule has 7 nitrogen and oxygen atoms in total. The maximum atomic E-state index is 12.3. The van der Waals surface area contributed by atoms with Crippen molar-refractivity contribution in [2.24, 2.45) is 0 Å². The summed E-state index contributed by atoms with van der Waals surface area (Å²) >= 11 is 1.52. The van der Waals surface area contributed by atoms with Crippen LogP contribution in [-0.4, -0.2) is 23.4 Å². The van der Waals surface area contributed by atoms with E-state index in [0.29, 0.717) is 5.58 Å². The van der Waals surface area contributed by atoms with Gasteiger partial charge < -0.3 is 9.15 Å². The SMILES string of the molecule is Cc1c(C(=O)NNC(=O)COCc2nc3ccccc3s2)oc2ccccc12. The quantitative estimate of drug-likeness (QED) is 0.506. The second kappa shape index (κ2) is 7.79. The van der Waals surface area contributed by atoms with Gasteiger partial charge in [-0.15, -0.1) is 11.3 Å². The molecule has 4 rings (SSSR count). The van der Waals surface area contributed by atoms with Crippen molar-refractivity contribution >= 4 is 44.3 Å². The van der Waals surface area contributed by atoms with E-state index in [1.165, 1.54) is 11.3 Å². The molecule has 0 aliphatic rings. The third-order valence-corrected chi connectivity index (χ3v) is 5.17.